The predicted molar refractivity (Wildman–Crippen MR) is 106 cm³/mol. The van der Waals surface area contributed by atoms with Crippen LogP contribution in [0.2, 0.25) is 0 Å². The van der Waals surface area contributed by atoms with Crippen molar-refractivity contribution in [1.82, 2.24) is 16.1 Å². The molecular weight excluding hydrogens is 342 g/mol. The lowest BCUT2D eigenvalue weighted by Crippen LogP contribution is -2.52. The summed E-state index contributed by atoms with van der Waals surface area (Å²) in [5.41, 5.74) is 5.41. The fourth-order valence-electron chi connectivity index (χ4n) is 2.63. The highest BCUT2D eigenvalue weighted by Crippen LogP contribution is 2.20. The van der Waals surface area contributed by atoms with Crippen molar-refractivity contribution in [1.29, 1.82) is 0 Å². The highest BCUT2D eigenvalue weighted by atomic mass is 16.5. The van der Waals surface area contributed by atoms with Crippen molar-refractivity contribution in [3.63, 3.8) is 0 Å². The minimum Gasteiger partial charge on any atom is -0.339 e. The third kappa shape index (κ3) is 5.91. The quantitative estimate of drug-likeness (QED) is 0.425. The molecular formula is C21H27N3O3. The number of rotatable bonds is 8. The molecule has 0 aliphatic rings. The lowest BCUT2D eigenvalue weighted by Gasteiger charge is -2.19. The van der Waals surface area contributed by atoms with Gasteiger partial charge in [0.1, 0.15) is 6.04 Å². The molecule has 0 aliphatic carbocycles. The Morgan fingerprint density at radius 3 is 2.00 bits per heavy atom. The van der Waals surface area contributed by atoms with Crippen molar-refractivity contribution in [3.05, 3.63) is 59.7 Å². The Morgan fingerprint density at radius 2 is 1.52 bits per heavy atom. The van der Waals surface area contributed by atoms with Gasteiger partial charge in [0.2, 0.25) is 0 Å². The third-order valence-corrected chi connectivity index (χ3v) is 4.30. The summed E-state index contributed by atoms with van der Waals surface area (Å²) < 4.78 is 0. The number of nitrogens with one attached hydrogen (secondary N) is 3. The summed E-state index contributed by atoms with van der Waals surface area (Å²) in [5.74, 6) is -1.04. The van der Waals surface area contributed by atoms with Gasteiger partial charge < -0.3 is 10.6 Å². The average Bonchev–Trinajstić information content (AvgIpc) is 2.70. The van der Waals surface area contributed by atoms with E-state index in [9.17, 15) is 9.59 Å². The first kappa shape index (κ1) is 20.6. The van der Waals surface area contributed by atoms with Gasteiger partial charge in [-0.25, -0.2) is 5.48 Å². The minimum absolute atomic E-state index is 0.147. The van der Waals surface area contributed by atoms with Crippen LogP contribution in [0.3, 0.4) is 0 Å². The molecule has 27 heavy (non-hydrogen) atoms. The summed E-state index contributed by atoms with van der Waals surface area (Å²) in [6.07, 6.45) is 0.994. The maximum atomic E-state index is 12.5. The van der Waals surface area contributed by atoms with Crippen LogP contribution in [0.1, 0.15) is 36.7 Å². The van der Waals surface area contributed by atoms with E-state index in [2.05, 4.69) is 41.8 Å². The average molecular weight is 369 g/mol. The molecule has 2 amide bonds. The third-order valence-electron chi connectivity index (χ3n) is 4.30. The molecule has 2 rings (SSSR count). The number of benzene rings is 2. The van der Waals surface area contributed by atoms with Gasteiger partial charge in [-0.1, -0.05) is 57.2 Å². The van der Waals surface area contributed by atoms with Crippen LogP contribution in [0.5, 0.6) is 0 Å². The van der Waals surface area contributed by atoms with Gasteiger partial charge in [-0.3, -0.25) is 14.8 Å². The second kappa shape index (κ2) is 9.85. The summed E-state index contributed by atoms with van der Waals surface area (Å²) in [6.45, 7) is 6.20. The van der Waals surface area contributed by atoms with Gasteiger partial charge in [0.05, 0.1) is 0 Å². The molecule has 0 unspecified atom stereocenters. The Bertz CT molecular complexity index is 755. The van der Waals surface area contributed by atoms with E-state index in [0.29, 0.717) is 5.56 Å². The van der Waals surface area contributed by atoms with Gasteiger partial charge in [0.15, 0.2) is 0 Å². The summed E-state index contributed by atoms with van der Waals surface area (Å²) in [7, 11) is 0. The maximum Gasteiger partial charge on any atom is 0.267 e. The monoisotopic (exact) mass is 369 g/mol. The van der Waals surface area contributed by atoms with Crippen molar-refractivity contribution >= 4 is 11.8 Å². The van der Waals surface area contributed by atoms with E-state index in [4.69, 9.17) is 5.21 Å². The number of carbonyl (C=O) groups excluding carboxylic acids is 2. The highest BCUT2D eigenvalue weighted by Gasteiger charge is 2.21. The van der Waals surface area contributed by atoms with Gasteiger partial charge in [-0.2, -0.15) is 0 Å². The molecule has 6 heteroatoms. The number of hydrogen-bond donors (Lipinski definition) is 4. The van der Waals surface area contributed by atoms with Crippen LogP contribution in [0.25, 0.3) is 11.1 Å². The van der Waals surface area contributed by atoms with Crippen molar-refractivity contribution in [2.75, 3.05) is 6.54 Å². The zero-order valence-corrected chi connectivity index (χ0v) is 16.0. The van der Waals surface area contributed by atoms with Crippen LogP contribution in [0, 0.1) is 0 Å². The SMILES string of the molecule is CCc1ccc(-c2ccc(C(=O)N[C@@H](CNC(C)C)C(=O)NO)cc2)cc1. The molecule has 0 aromatic heterocycles. The van der Waals surface area contributed by atoms with E-state index in [-0.39, 0.29) is 18.5 Å². The molecule has 0 aliphatic heterocycles. The molecule has 1 atom stereocenters. The van der Waals surface area contributed by atoms with Crippen molar-refractivity contribution in [2.45, 2.75) is 39.3 Å². The number of amides is 2. The Kier molecular flexibility index (Phi) is 7.52. The first-order chi connectivity index (χ1) is 12.9. The number of hydrogen-bond acceptors (Lipinski definition) is 4. The van der Waals surface area contributed by atoms with Crippen LogP contribution in [0.4, 0.5) is 0 Å². The van der Waals surface area contributed by atoms with Crippen LogP contribution in [-0.2, 0) is 11.2 Å². The van der Waals surface area contributed by atoms with E-state index < -0.39 is 11.9 Å². The first-order valence-electron chi connectivity index (χ1n) is 9.12. The molecule has 0 fully saturated rings. The molecule has 0 spiro atoms. The Morgan fingerprint density at radius 1 is 0.963 bits per heavy atom. The summed E-state index contributed by atoms with van der Waals surface area (Å²) >= 11 is 0. The smallest absolute Gasteiger partial charge is 0.267 e. The highest BCUT2D eigenvalue weighted by molar-refractivity contribution is 5.97. The summed E-state index contributed by atoms with van der Waals surface area (Å²) in [6, 6.07) is 14.8. The molecule has 6 nitrogen and oxygen atoms in total. The fraction of sp³-hybridized carbons (Fsp3) is 0.333. The molecule has 0 saturated heterocycles. The van der Waals surface area contributed by atoms with E-state index in [1.54, 1.807) is 17.6 Å². The zero-order valence-electron chi connectivity index (χ0n) is 16.0. The Labute approximate surface area is 159 Å². The number of aryl methyl sites for hydroxylation is 1. The van der Waals surface area contributed by atoms with Gasteiger partial charge >= 0.3 is 0 Å². The number of hydroxylamine groups is 1. The standard InChI is InChI=1S/C21H27N3O3/c1-4-15-5-7-16(8-6-15)17-9-11-18(12-10-17)20(25)23-19(21(26)24-27)13-22-14(2)3/h5-12,14,19,22,27H,4,13H2,1-3H3,(H,23,25)(H,24,26)/t19-/m0/s1. The van der Waals surface area contributed by atoms with Gasteiger partial charge in [-0.15, -0.1) is 0 Å². The fourth-order valence-corrected chi connectivity index (χ4v) is 2.63. The largest absolute Gasteiger partial charge is 0.339 e. The zero-order chi connectivity index (χ0) is 19.8. The second-order valence-corrected chi connectivity index (χ2v) is 6.69. The lowest BCUT2D eigenvalue weighted by molar-refractivity contribution is -0.131. The van der Waals surface area contributed by atoms with Gasteiger partial charge in [0.25, 0.3) is 11.8 Å². The van der Waals surface area contributed by atoms with Gasteiger partial charge in [-0.05, 0) is 35.2 Å². The number of carbonyl (C=O) groups is 2. The van der Waals surface area contributed by atoms with Crippen LogP contribution in [-0.4, -0.2) is 35.7 Å². The van der Waals surface area contributed by atoms with E-state index in [1.165, 1.54) is 5.56 Å². The molecule has 4 N–H and O–H groups in total. The minimum atomic E-state index is -0.869. The molecule has 0 bridgehead atoms. The van der Waals surface area contributed by atoms with E-state index in [0.717, 1.165) is 17.5 Å². The maximum absolute atomic E-state index is 12.5. The van der Waals surface area contributed by atoms with Crippen LogP contribution < -0.4 is 16.1 Å². The van der Waals surface area contributed by atoms with Crippen LogP contribution >= 0.6 is 0 Å². The molecule has 0 heterocycles. The first-order valence-corrected chi connectivity index (χ1v) is 9.12. The van der Waals surface area contributed by atoms with E-state index >= 15 is 0 Å². The molecule has 0 saturated carbocycles. The predicted octanol–water partition coefficient (Wildman–Crippen LogP) is 2.52. The molecule has 144 valence electrons. The summed E-state index contributed by atoms with van der Waals surface area (Å²) in [4.78, 5) is 24.2. The van der Waals surface area contributed by atoms with Crippen molar-refractivity contribution in [2.24, 2.45) is 0 Å². The molecule has 2 aromatic rings. The Hall–Kier alpha value is -2.70. The van der Waals surface area contributed by atoms with Crippen molar-refractivity contribution < 1.29 is 14.8 Å². The summed E-state index contributed by atoms with van der Waals surface area (Å²) in [5, 5.41) is 14.6. The second-order valence-electron chi connectivity index (χ2n) is 6.69. The van der Waals surface area contributed by atoms with Crippen molar-refractivity contribution in [3.8, 4) is 11.1 Å². The van der Waals surface area contributed by atoms with E-state index in [1.807, 2.05) is 26.0 Å². The Balaban J connectivity index is 2.07. The van der Waals surface area contributed by atoms with Gasteiger partial charge in [0, 0.05) is 18.2 Å². The lowest BCUT2D eigenvalue weighted by atomic mass is 10.0. The normalized spacial score (nSPS) is 11.9. The van der Waals surface area contributed by atoms with Crippen LogP contribution in [0.15, 0.2) is 48.5 Å². The molecule has 0 radical (unpaired) electrons. The topological polar surface area (TPSA) is 90.5 Å². The molecule has 2 aromatic carbocycles.